The Morgan fingerprint density at radius 2 is 1.60 bits per heavy atom. The number of halogens is 6. The fourth-order valence-electron chi connectivity index (χ4n) is 2.61. The quantitative estimate of drug-likeness (QED) is 0.488. The minimum absolute atomic E-state index is 0.152. The number of hydrogen-bond donors (Lipinski definition) is 1. The second kappa shape index (κ2) is 7.65. The van der Waals surface area contributed by atoms with Gasteiger partial charge in [0.05, 0.1) is 11.3 Å². The average Bonchev–Trinajstić information content (AvgIpc) is 3.14. The molecule has 0 aliphatic heterocycles. The maximum Gasteiger partial charge on any atom is 0.471 e. The molecule has 1 heterocycles. The van der Waals surface area contributed by atoms with Crippen molar-refractivity contribution < 1.29 is 35.9 Å². The van der Waals surface area contributed by atoms with Crippen LogP contribution >= 0.6 is 0 Å². The highest BCUT2D eigenvalue weighted by molar-refractivity contribution is 6.11. The SMILES string of the molecule is O=C(c1ccccc1)c1ccc(C(F)(F)F)cc1-n1ccnc1NC(=O)C(F)(F)F. The molecule has 1 N–H and O–H groups in total. The fraction of sp³-hybridized carbons (Fsp3) is 0.105. The lowest BCUT2D eigenvalue weighted by Crippen LogP contribution is -2.31. The molecule has 0 atom stereocenters. The third kappa shape index (κ3) is 4.34. The molecule has 30 heavy (non-hydrogen) atoms. The van der Waals surface area contributed by atoms with Crippen LogP contribution < -0.4 is 5.32 Å². The van der Waals surface area contributed by atoms with E-state index in [1.165, 1.54) is 17.4 Å². The Morgan fingerprint density at radius 3 is 2.20 bits per heavy atom. The van der Waals surface area contributed by atoms with E-state index in [4.69, 9.17) is 0 Å². The summed E-state index contributed by atoms with van der Waals surface area (Å²) in [6.07, 6.45) is -8.02. The van der Waals surface area contributed by atoms with Gasteiger partial charge in [-0.3, -0.25) is 19.5 Å². The van der Waals surface area contributed by atoms with Crippen LogP contribution in [-0.2, 0) is 11.0 Å². The number of nitrogens with one attached hydrogen (secondary N) is 1. The summed E-state index contributed by atoms with van der Waals surface area (Å²) in [7, 11) is 0. The van der Waals surface area contributed by atoms with Crippen LogP contribution in [0.25, 0.3) is 5.69 Å². The van der Waals surface area contributed by atoms with E-state index in [1.54, 1.807) is 18.2 Å². The zero-order valence-corrected chi connectivity index (χ0v) is 14.8. The predicted molar refractivity (Wildman–Crippen MR) is 93.1 cm³/mol. The predicted octanol–water partition coefficient (Wildman–Crippen LogP) is 4.62. The molecule has 0 spiro atoms. The number of rotatable bonds is 4. The highest BCUT2D eigenvalue weighted by Gasteiger charge is 2.39. The van der Waals surface area contributed by atoms with E-state index in [1.807, 2.05) is 0 Å². The van der Waals surface area contributed by atoms with Crippen LogP contribution in [0.1, 0.15) is 21.5 Å². The average molecular weight is 427 g/mol. The number of benzene rings is 2. The van der Waals surface area contributed by atoms with Crippen LogP contribution in [0.2, 0.25) is 0 Å². The standard InChI is InChI=1S/C19H11F6N3O2/c20-18(21,22)12-6-7-13(15(29)11-4-2-1-3-5-11)14(10-12)28-9-8-26-17(28)27-16(30)19(23,24)25/h1-10H,(H,26,27,30). The summed E-state index contributed by atoms with van der Waals surface area (Å²) in [5.74, 6) is -3.72. The minimum atomic E-state index is -5.24. The molecule has 0 aliphatic rings. The van der Waals surface area contributed by atoms with E-state index in [-0.39, 0.29) is 11.1 Å². The molecular formula is C19H11F6N3O2. The maximum atomic E-state index is 13.2. The summed E-state index contributed by atoms with van der Waals surface area (Å²) < 4.78 is 78.1. The molecule has 0 saturated heterocycles. The summed E-state index contributed by atoms with van der Waals surface area (Å²) in [6.45, 7) is 0. The summed E-state index contributed by atoms with van der Waals surface area (Å²) in [5, 5.41) is 1.49. The maximum absolute atomic E-state index is 13.2. The van der Waals surface area contributed by atoms with Gasteiger partial charge in [-0.25, -0.2) is 4.98 Å². The molecule has 5 nitrogen and oxygen atoms in total. The Bertz CT molecular complexity index is 1090. The number of anilines is 1. The summed E-state index contributed by atoms with van der Waals surface area (Å²) in [4.78, 5) is 27.6. The van der Waals surface area contributed by atoms with Gasteiger partial charge in [-0.2, -0.15) is 26.3 Å². The lowest BCUT2D eigenvalue weighted by atomic mass is 9.99. The highest BCUT2D eigenvalue weighted by atomic mass is 19.4. The number of amides is 1. The fourth-order valence-corrected chi connectivity index (χ4v) is 2.61. The third-order valence-corrected chi connectivity index (χ3v) is 3.99. The van der Waals surface area contributed by atoms with Gasteiger partial charge in [0.15, 0.2) is 5.78 Å². The lowest BCUT2D eigenvalue weighted by molar-refractivity contribution is -0.167. The molecule has 156 valence electrons. The Kier molecular flexibility index (Phi) is 5.38. The first-order valence-electron chi connectivity index (χ1n) is 8.21. The van der Waals surface area contributed by atoms with Gasteiger partial charge in [0.2, 0.25) is 5.95 Å². The van der Waals surface area contributed by atoms with Crippen molar-refractivity contribution in [1.82, 2.24) is 9.55 Å². The topological polar surface area (TPSA) is 64.0 Å². The monoisotopic (exact) mass is 427 g/mol. The van der Waals surface area contributed by atoms with Crippen molar-refractivity contribution in [1.29, 1.82) is 0 Å². The van der Waals surface area contributed by atoms with Crippen LogP contribution in [0.3, 0.4) is 0 Å². The lowest BCUT2D eigenvalue weighted by Gasteiger charge is -2.16. The van der Waals surface area contributed by atoms with Crippen molar-refractivity contribution in [2.75, 3.05) is 5.32 Å². The smallest absolute Gasteiger partial charge is 0.289 e. The third-order valence-electron chi connectivity index (χ3n) is 3.99. The number of ketones is 1. The molecule has 0 unspecified atom stereocenters. The normalized spacial score (nSPS) is 11.9. The van der Waals surface area contributed by atoms with Crippen molar-refractivity contribution in [2.24, 2.45) is 0 Å². The van der Waals surface area contributed by atoms with Gasteiger partial charge >= 0.3 is 18.3 Å². The molecule has 0 aliphatic carbocycles. The Balaban J connectivity index is 2.15. The first-order valence-corrected chi connectivity index (χ1v) is 8.21. The van der Waals surface area contributed by atoms with Gasteiger partial charge < -0.3 is 0 Å². The first-order chi connectivity index (χ1) is 14.0. The number of nitrogens with zero attached hydrogens (tertiary/aromatic N) is 2. The van der Waals surface area contributed by atoms with Crippen molar-refractivity contribution in [3.05, 3.63) is 77.6 Å². The van der Waals surface area contributed by atoms with Gasteiger partial charge in [-0.05, 0) is 18.2 Å². The van der Waals surface area contributed by atoms with Crippen molar-refractivity contribution in [3.63, 3.8) is 0 Å². The molecule has 0 bridgehead atoms. The van der Waals surface area contributed by atoms with E-state index in [0.717, 1.165) is 23.0 Å². The minimum Gasteiger partial charge on any atom is -0.289 e. The molecule has 1 amide bonds. The van der Waals surface area contributed by atoms with Crippen LogP contribution in [0, 0.1) is 0 Å². The number of carbonyl (C=O) groups is 2. The summed E-state index contributed by atoms with van der Waals surface area (Å²) >= 11 is 0. The molecule has 2 aromatic carbocycles. The largest absolute Gasteiger partial charge is 0.471 e. The van der Waals surface area contributed by atoms with Gasteiger partial charge in [-0.15, -0.1) is 0 Å². The van der Waals surface area contributed by atoms with Crippen LogP contribution in [0.5, 0.6) is 0 Å². The Hall–Kier alpha value is -3.63. The molecular weight excluding hydrogens is 416 g/mol. The Morgan fingerprint density at radius 1 is 0.933 bits per heavy atom. The van der Waals surface area contributed by atoms with E-state index >= 15 is 0 Å². The molecule has 11 heteroatoms. The number of imidazole rings is 1. The highest BCUT2D eigenvalue weighted by Crippen LogP contribution is 2.33. The van der Waals surface area contributed by atoms with Crippen LogP contribution in [0.4, 0.5) is 32.3 Å². The second-order valence-corrected chi connectivity index (χ2v) is 6.00. The van der Waals surface area contributed by atoms with E-state index in [2.05, 4.69) is 4.98 Å². The first kappa shape index (κ1) is 21.1. The number of hydrogen-bond acceptors (Lipinski definition) is 3. The van der Waals surface area contributed by atoms with Crippen molar-refractivity contribution >= 4 is 17.6 Å². The van der Waals surface area contributed by atoms with Crippen LogP contribution in [0.15, 0.2) is 60.9 Å². The molecule has 3 aromatic rings. The molecule has 1 aromatic heterocycles. The van der Waals surface area contributed by atoms with Crippen molar-refractivity contribution in [2.45, 2.75) is 12.4 Å². The van der Waals surface area contributed by atoms with E-state index in [9.17, 15) is 35.9 Å². The van der Waals surface area contributed by atoms with E-state index in [0.29, 0.717) is 12.1 Å². The number of alkyl halides is 6. The summed E-state index contributed by atoms with van der Waals surface area (Å²) in [6, 6.07) is 9.79. The van der Waals surface area contributed by atoms with Gasteiger partial charge in [-0.1, -0.05) is 30.3 Å². The van der Waals surface area contributed by atoms with Gasteiger partial charge in [0.25, 0.3) is 0 Å². The molecule has 0 radical (unpaired) electrons. The Labute approximate surface area is 165 Å². The second-order valence-electron chi connectivity index (χ2n) is 6.00. The summed E-state index contributed by atoms with van der Waals surface area (Å²) in [5.41, 5.74) is -1.60. The van der Waals surface area contributed by atoms with Crippen LogP contribution in [-0.4, -0.2) is 27.4 Å². The zero-order valence-electron chi connectivity index (χ0n) is 14.8. The zero-order chi connectivity index (χ0) is 22.1. The van der Waals surface area contributed by atoms with Crippen molar-refractivity contribution in [3.8, 4) is 5.69 Å². The van der Waals surface area contributed by atoms with Gasteiger partial charge in [0, 0.05) is 23.5 Å². The molecule has 0 saturated carbocycles. The van der Waals surface area contributed by atoms with E-state index < -0.39 is 41.2 Å². The number of aromatic nitrogens is 2. The molecule has 0 fully saturated rings. The number of carbonyl (C=O) groups excluding carboxylic acids is 2. The molecule has 3 rings (SSSR count). The van der Waals surface area contributed by atoms with Gasteiger partial charge in [0.1, 0.15) is 0 Å².